The summed E-state index contributed by atoms with van der Waals surface area (Å²) in [4.78, 5) is 1.15. The lowest BCUT2D eigenvalue weighted by atomic mass is 10.0. The zero-order valence-corrected chi connectivity index (χ0v) is 12.9. The van der Waals surface area contributed by atoms with Gasteiger partial charge >= 0.3 is 0 Å². The van der Waals surface area contributed by atoms with Crippen LogP contribution in [0.2, 0.25) is 10.0 Å². The topological polar surface area (TPSA) is 35.2 Å². The summed E-state index contributed by atoms with van der Waals surface area (Å²) in [6.45, 7) is 0. The van der Waals surface area contributed by atoms with E-state index in [1.165, 1.54) is 0 Å². The molecule has 1 aliphatic heterocycles. The Kier molecular flexibility index (Phi) is 4.13. The third kappa shape index (κ3) is 2.77. The van der Waals surface area contributed by atoms with Gasteiger partial charge in [-0.15, -0.1) is 11.8 Å². The van der Waals surface area contributed by atoms with Gasteiger partial charge in [0.25, 0.3) is 0 Å². The van der Waals surface area contributed by atoms with Crippen molar-refractivity contribution in [1.82, 2.24) is 0 Å². The molecule has 0 spiro atoms. The quantitative estimate of drug-likeness (QED) is 0.879. The molecule has 1 aliphatic rings. The third-order valence-corrected chi connectivity index (χ3v) is 4.97. The van der Waals surface area contributed by atoms with Crippen molar-refractivity contribution in [1.29, 1.82) is 0 Å². The van der Waals surface area contributed by atoms with E-state index in [-0.39, 0.29) is 12.1 Å². The lowest BCUT2D eigenvalue weighted by molar-refractivity contribution is 0.185. The van der Waals surface area contributed by atoms with Crippen molar-refractivity contribution >= 4 is 35.0 Å². The van der Waals surface area contributed by atoms with Gasteiger partial charge in [0.05, 0.1) is 6.04 Å². The zero-order chi connectivity index (χ0) is 14.1. The van der Waals surface area contributed by atoms with Crippen molar-refractivity contribution in [3.8, 4) is 5.75 Å². The van der Waals surface area contributed by atoms with E-state index in [0.717, 1.165) is 22.0 Å². The first kappa shape index (κ1) is 14.1. The molecule has 0 radical (unpaired) electrons. The van der Waals surface area contributed by atoms with Gasteiger partial charge < -0.3 is 10.5 Å². The Morgan fingerprint density at radius 3 is 2.85 bits per heavy atom. The van der Waals surface area contributed by atoms with Crippen LogP contribution in [-0.4, -0.2) is 11.9 Å². The minimum Gasteiger partial charge on any atom is -0.486 e. The zero-order valence-electron chi connectivity index (χ0n) is 10.6. The number of benzene rings is 2. The number of hydrogen-bond donors (Lipinski definition) is 1. The second-order valence-electron chi connectivity index (χ2n) is 4.61. The number of nitrogens with two attached hydrogens (primary N) is 1. The summed E-state index contributed by atoms with van der Waals surface area (Å²) in [6, 6.07) is 13.0. The van der Waals surface area contributed by atoms with E-state index in [1.807, 2.05) is 30.3 Å². The summed E-state index contributed by atoms with van der Waals surface area (Å²) in [5, 5.41) is 1.25. The fraction of sp³-hybridized carbons (Fsp3) is 0.200. The lowest BCUT2D eigenvalue weighted by Gasteiger charge is -2.30. The maximum atomic E-state index is 6.32. The standard InChI is InChI=1S/C15H13Cl2NOS/c16-9-5-6-11(17)10(7-9)15(18)13-8-20-14-4-2-1-3-12(14)19-13/h1-7,13,15H,8,18H2. The van der Waals surface area contributed by atoms with Gasteiger partial charge in [-0.2, -0.15) is 0 Å². The molecule has 0 fully saturated rings. The van der Waals surface area contributed by atoms with E-state index in [1.54, 1.807) is 23.9 Å². The molecule has 0 saturated heterocycles. The van der Waals surface area contributed by atoms with E-state index in [0.29, 0.717) is 10.0 Å². The molecule has 3 rings (SSSR count). The van der Waals surface area contributed by atoms with Gasteiger partial charge in [-0.25, -0.2) is 0 Å². The number of halogens is 2. The molecule has 5 heteroatoms. The maximum absolute atomic E-state index is 6.32. The summed E-state index contributed by atoms with van der Waals surface area (Å²) in [5.41, 5.74) is 7.14. The van der Waals surface area contributed by atoms with Crippen molar-refractivity contribution < 1.29 is 4.74 Å². The van der Waals surface area contributed by atoms with Crippen LogP contribution in [0.3, 0.4) is 0 Å². The minimum atomic E-state index is -0.304. The molecule has 2 aromatic carbocycles. The van der Waals surface area contributed by atoms with Gasteiger partial charge in [-0.1, -0.05) is 35.3 Å². The third-order valence-electron chi connectivity index (χ3n) is 3.25. The highest BCUT2D eigenvalue weighted by Gasteiger charge is 2.28. The molecular formula is C15H13Cl2NOS. The fourth-order valence-corrected chi connectivity index (χ4v) is 3.66. The first-order chi connectivity index (χ1) is 9.65. The number of thioether (sulfide) groups is 1. The van der Waals surface area contributed by atoms with E-state index < -0.39 is 0 Å². The van der Waals surface area contributed by atoms with Gasteiger partial charge in [0.1, 0.15) is 11.9 Å². The van der Waals surface area contributed by atoms with Crippen LogP contribution in [0.15, 0.2) is 47.4 Å². The van der Waals surface area contributed by atoms with E-state index in [9.17, 15) is 0 Å². The smallest absolute Gasteiger partial charge is 0.133 e. The molecule has 2 nitrogen and oxygen atoms in total. The normalized spacial score (nSPS) is 19.1. The summed E-state index contributed by atoms with van der Waals surface area (Å²) < 4.78 is 6.00. The Morgan fingerprint density at radius 2 is 2.00 bits per heavy atom. The van der Waals surface area contributed by atoms with Gasteiger partial charge in [0.2, 0.25) is 0 Å². The first-order valence-corrected chi connectivity index (χ1v) is 7.98. The highest BCUT2D eigenvalue weighted by atomic mass is 35.5. The predicted molar refractivity (Wildman–Crippen MR) is 85.0 cm³/mol. The SMILES string of the molecule is NC(c1cc(Cl)ccc1Cl)C1CSc2ccccc2O1. The van der Waals surface area contributed by atoms with Crippen LogP contribution in [0.25, 0.3) is 0 Å². The molecule has 2 aromatic rings. The Morgan fingerprint density at radius 1 is 1.20 bits per heavy atom. The summed E-state index contributed by atoms with van der Waals surface area (Å²) in [7, 11) is 0. The predicted octanol–water partition coefficient (Wildman–Crippen LogP) is 4.55. The first-order valence-electron chi connectivity index (χ1n) is 6.24. The van der Waals surface area contributed by atoms with Gasteiger partial charge in [0, 0.05) is 20.7 Å². The number of hydrogen-bond acceptors (Lipinski definition) is 3. The largest absolute Gasteiger partial charge is 0.486 e. The van der Waals surface area contributed by atoms with Crippen molar-refractivity contribution in [2.24, 2.45) is 5.73 Å². The van der Waals surface area contributed by atoms with Crippen LogP contribution >= 0.6 is 35.0 Å². The van der Waals surface area contributed by atoms with Crippen LogP contribution in [0.4, 0.5) is 0 Å². The Labute approximate surface area is 132 Å². The molecule has 0 bridgehead atoms. The van der Waals surface area contributed by atoms with Crippen molar-refractivity contribution in [2.75, 3.05) is 5.75 Å². The monoisotopic (exact) mass is 325 g/mol. The highest BCUT2D eigenvalue weighted by Crippen LogP contribution is 2.38. The van der Waals surface area contributed by atoms with Gasteiger partial charge in [0.15, 0.2) is 0 Å². The summed E-state index contributed by atoms with van der Waals surface area (Å²) >= 11 is 14.0. The second kappa shape index (κ2) is 5.86. The Balaban J connectivity index is 1.85. The molecule has 20 heavy (non-hydrogen) atoms. The van der Waals surface area contributed by atoms with Crippen LogP contribution in [0, 0.1) is 0 Å². The molecule has 2 atom stereocenters. The summed E-state index contributed by atoms with van der Waals surface area (Å²) in [5.74, 6) is 1.67. The maximum Gasteiger partial charge on any atom is 0.133 e. The molecule has 0 saturated carbocycles. The number of ether oxygens (including phenoxy) is 1. The lowest BCUT2D eigenvalue weighted by Crippen LogP contribution is -2.35. The molecule has 104 valence electrons. The van der Waals surface area contributed by atoms with E-state index in [2.05, 4.69) is 0 Å². The number of rotatable bonds is 2. The van der Waals surface area contributed by atoms with Crippen molar-refractivity contribution in [3.63, 3.8) is 0 Å². The molecule has 0 amide bonds. The number of para-hydroxylation sites is 1. The Hall–Kier alpha value is -0.870. The molecule has 0 aromatic heterocycles. The average Bonchev–Trinajstić information content (AvgIpc) is 2.48. The van der Waals surface area contributed by atoms with Crippen LogP contribution in [0.5, 0.6) is 5.75 Å². The van der Waals surface area contributed by atoms with Gasteiger partial charge in [-0.05, 0) is 35.9 Å². The molecule has 2 N–H and O–H groups in total. The molecule has 1 heterocycles. The van der Waals surface area contributed by atoms with Crippen molar-refractivity contribution in [3.05, 3.63) is 58.1 Å². The molecular weight excluding hydrogens is 313 g/mol. The van der Waals surface area contributed by atoms with Crippen molar-refractivity contribution in [2.45, 2.75) is 17.0 Å². The number of fused-ring (bicyclic) bond motifs is 1. The molecule has 0 aliphatic carbocycles. The van der Waals surface area contributed by atoms with E-state index in [4.69, 9.17) is 33.7 Å². The average molecular weight is 326 g/mol. The summed E-state index contributed by atoms with van der Waals surface area (Å²) in [6.07, 6.45) is -0.120. The van der Waals surface area contributed by atoms with E-state index >= 15 is 0 Å². The van der Waals surface area contributed by atoms with Crippen LogP contribution in [-0.2, 0) is 0 Å². The second-order valence-corrected chi connectivity index (χ2v) is 6.51. The minimum absolute atomic E-state index is 0.120. The van der Waals surface area contributed by atoms with Crippen LogP contribution < -0.4 is 10.5 Å². The fourth-order valence-electron chi connectivity index (χ4n) is 2.18. The molecule has 2 unspecified atom stereocenters. The van der Waals surface area contributed by atoms with Crippen LogP contribution in [0.1, 0.15) is 11.6 Å². The van der Waals surface area contributed by atoms with Gasteiger partial charge in [-0.3, -0.25) is 0 Å². The Bertz CT molecular complexity index is 635. The highest BCUT2D eigenvalue weighted by molar-refractivity contribution is 7.99.